The van der Waals surface area contributed by atoms with Crippen molar-refractivity contribution in [1.29, 1.82) is 0 Å². The molecule has 0 fully saturated rings. The first kappa shape index (κ1) is 15.3. The molecule has 0 saturated heterocycles. The van der Waals surface area contributed by atoms with Crippen LogP contribution in [-0.2, 0) is 11.3 Å². The molecule has 1 aromatic rings. The molecule has 6 heteroatoms. The molecule has 0 aliphatic rings. The Morgan fingerprint density at radius 1 is 1.53 bits per heavy atom. The van der Waals surface area contributed by atoms with Gasteiger partial charge in [0.05, 0.1) is 11.4 Å². The summed E-state index contributed by atoms with van der Waals surface area (Å²) in [7, 11) is 1.79. The summed E-state index contributed by atoms with van der Waals surface area (Å²) in [4.78, 5) is 13.7. The zero-order valence-corrected chi connectivity index (χ0v) is 12.5. The van der Waals surface area contributed by atoms with Crippen LogP contribution in [0.4, 0.5) is 11.5 Å². The lowest BCUT2D eigenvalue weighted by Crippen LogP contribution is -2.39. The predicted octanol–water partition coefficient (Wildman–Crippen LogP) is 1.46. The highest BCUT2D eigenvalue weighted by Gasteiger charge is 2.20. The lowest BCUT2D eigenvalue weighted by molar-refractivity contribution is -0.130. The average molecular weight is 267 g/mol. The summed E-state index contributed by atoms with van der Waals surface area (Å²) in [6, 6.07) is -0.320. The van der Waals surface area contributed by atoms with E-state index in [1.54, 1.807) is 11.9 Å². The molecule has 0 saturated carbocycles. The Balaban J connectivity index is 2.89. The Kier molecular flexibility index (Phi) is 5.20. The standard InChI is InChI=1S/C13H25N5O/c1-6-8-18-12(11(14)9(3)16-18)15-10(4)13(19)17(5)7-2/h10,15H,6-8,14H2,1-5H3. The van der Waals surface area contributed by atoms with E-state index in [1.165, 1.54) is 0 Å². The minimum atomic E-state index is -0.320. The van der Waals surface area contributed by atoms with E-state index >= 15 is 0 Å². The highest BCUT2D eigenvalue weighted by molar-refractivity contribution is 5.85. The van der Waals surface area contributed by atoms with Gasteiger partial charge in [0.2, 0.25) is 5.91 Å². The van der Waals surface area contributed by atoms with Crippen LogP contribution in [0.25, 0.3) is 0 Å². The quantitative estimate of drug-likeness (QED) is 0.818. The van der Waals surface area contributed by atoms with Crippen molar-refractivity contribution in [3.8, 4) is 0 Å². The second kappa shape index (κ2) is 6.45. The molecule has 0 aliphatic carbocycles. The maximum atomic E-state index is 12.1. The number of anilines is 2. The summed E-state index contributed by atoms with van der Waals surface area (Å²) >= 11 is 0. The molecule has 1 rings (SSSR count). The van der Waals surface area contributed by atoms with E-state index in [4.69, 9.17) is 5.73 Å². The number of rotatable bonds is 6. The van der Waals surface area contributed by atoms with Crippen LogP contribution < -0.4 is 11.1 Å². The van der Waals surface area contributed by atoms with Crippen LogP contribution in [-0.4, -0.2) is 40.2 Å². The van der Waals surface area contributed by atoms with Crippen LogP contribution in [0.15, 0.2) is 0 Å². The van der Waals surface area contributed by atoms with Crippen molar-refractivity contribution in [2.24, 2.45) is 0 Å². The average Bonchev–Trinajstić information content (AvgIpc) is 2.65. The normalized spacial score (nSPS) is 12.3. The van der Waals surface area contributed by atoms with Crippen LogP contribution in [0.5, 0.6) is 0 Å². The van der Waals surface area contributed by atoms with Gasteiger partial charge >= 0.3 is 0 Å². The molecular formula is C13H25N5O. The molecule has 19 heavy (non-hydrogen) atoms. The number of likely N-dealkylation sites (N-methyl/N-ethyl adjacent to an activating group) is 1. The monoisotopic (exact) mass is 267 g/mol. The predicted molar refractivity (Wildman–Crippen MR) is 78.1 cm³/mol. The Morgan fingerprint density at radius 3 is 2.68 bits per heavy atom. The molecule has 1 atom stereocenters. The van der Waals surface area contributed by atoms with E-state index in [2.05, 4.69) is 17.3 Å². The second-order valence-electron chi connectivity index (χ2n) is 4.79. The van der Waals surface area contributed by atoms with Crippen LogP contribution in [0.3, 0.4) is 0 Å². The number of nitrogens with one attached hydrogen (secondary N) is 1. The Bertz CT molecular complexity index is 440. The van der Waals surface area contributed by atoms with Crippen molar-refractivity contribution in [2.75, 3.05) is 24.6 Å². The van der Waals surface area contributed by atoms with Gasteiger partial charge < -0.3 is 16.0 Å². The molecule has 0 aromatic carbocycles. The second-order valence-corrected chi connectivity index (χ2v) is 4.79. The van der Waals surface area contributed by atoms with E-state index in [-0.39, 0.29) is 11.9 Å². The third-order valence-electron chi connectivity index (χ3n) is 3.18. The maximum absolute atomic E-state index is 12.1. The molecule has 108 valence electrons. The van der Waals surface area contributed by atoms with Crippen molar-refractivity contribution >= 4 is 17.4 Å². The highest BCUT2D eigenvalue weighted by atomic mass is 16.2. The van der Waals surface area contributed by atoms with Gasteiger partial charge in [-0.1, -0.05) is 6.92 Å². The van der Waals surface area contributed by atoms with Gasteiger partial charge in [-0.3, -0.25) is 4.79 Å². The molecule has 1 unspecified atom stereocenters. The minimum Gasteiger partial charge on any atom is -0.394 e. The molecule has 1 aromatic heterocycles. The van der Waals surface area contributed by atoms with E-state index in [9.17, 15) is 4.79 Å². The van der Waals surface area contributed by atoms with Gasteiger partial charge in [0.1, 0.15) is 11.9 Å². The number of carbonyl (C=O) groups is 1. The van der Waals surface area contributed by atoms with Crippen molar-refractivity contribution in [3.63, 3.8) is 0 Å². The maximum Gasteiger partial charge on any atom is 0.244 e. The van der Waals surface area contributed by atoms with Crippen LogP contribution in [0.2, 0.25) is 0 Å². The zero-order valence-electron chi connectivity index (χ0n) is 12.5. The summed E-state index contributed by atoms with van der Waals surface area (Å²) in [5.41, 5.74) is 7.43. The summed E-state index contributed by atoms with van der Waals surface area (Å²) in [5, 5.41) is 7.57. The Labute approximate surface area is 114 Å². The van der Waals surface area contributed by atoms with Gasteiger partial charge in [-0.05, 0) is 27.2 Å². The molecule has 0 aliphatic heterocycles. The molecular weight excluding hydrogens is 242 g/mol. The topological polar surface area (TPSA) is 76.2 Å². The number of carbonyl (C=O) groups excluding carboxylic acids is 1. The van der Waals surface area contributed by atoms with Crippen LogP contribution in [0.1, 0.15) is 32.9 Å². The van der Waals surface area contributed by atoms with Crippen molar-refractivity contribution in [2.45, 2.75) is 46.7 Å². The van der Waals surface area contributed by atoms with E-state index in [0.29, 0.717) is 12.2 Å². The minimum absolute atomic E-state index is 0.0452. The lowest BCUT2D eigenvalue weighted by Gasteiger charge is -2.22. The number of amides is 1. The Morgan fingerprint density at radius 2 is 2.16 bits per heavy atom. The van der Waals surface area contributed by atoms with Crippen molar-refractivity contribution in [3.05, 3.63) is 5.69 Å². The third-order valence-corrected chi connectivity index (χ3v) is 3.18. The number of nitrogens with zero attached hydrogens (tertiary/aromatic N) is 3. The van der Waals surface area contributed by atoms with Gasteiger partial charge in [-0.15, -0.1) is 0 Å². The first-order valence-electron chi connectivity index (χ1n) is 6.76. The lowest BCUT2D eigenvalue weighted by atomic mass is 10.2. The molecule has 3 N–H and O–H groups in total. The van der Waals surface area contributed by atoms with E-state index < -0.39 is 0 Å². The summed E-state index contributed by atoms with van der Waals surface area (Å²) < 4.78 is 1.83. The molecule has 0 bridgehead atoms. The third kappa shape index (κ3) is 3.39. The number of aryl methyl sites for hydroxylation is 2. The molecule has 1 heterocycles. The van der Waals surface area contributed by atoms with Crippen molar-refractivity contribution in [1.82, 2.24) is 14.7 Å². The number of aromatic nitrogens is 2. The number of nitrogen functional groups attached to an aromatic ring is 1. The Hall–Kier alpha value is -1.72. The first-order valence-corrected chi connectivity index (χ1v) is 6.76. The summed E-state index contributed by atoms with van der Waals surface area (Å²) in [5.74, 6) is 0.786. The van der Waals surface area contributed by atoms with E-state index in [0.717, 1.165) is 24.5 Å². The highest BCUT2D eigenvalue weighted by Crippen LogP contribution is 2.23. The zero-order chi connectivity index (χ0) is 14.6. The van der Waals surface area contributed by atoms with Gasteiger partial charge in [-0.2, -0.15) is 5.10 Å². The van der Waals surface area contributed by atoms with Crippen LogP contribution in [0, 0.1) is 6.92 Å². The molecule has 0 radical (unpaired) electrons. The summed E-state index contributed by atoms with van der Waals surface area (Å²) in [6.07, 6.45) is 0.965. The number of nitrogens with two attached hydrogens (primary N) is 1. The number of hydrogen-bond acceptors (Lipinski definition) is 4. The SMILES string of the molecule is CCCn1nc(C)c(N)c1NC(C)C(=O)N(C)CC. The summed E-state index contributed by atoms with van der Waals surface area (Å²) in [6.45, 7) is 9.21. The van der Waals surface area contributed by atoms with Gasteiger partial charge in [0.25, 0.3) is 0 Å². The van der Waals surface area contributed by atoms with Gasteiger partial charge in [-0.25, -0.2) is 4.68 Å². The molecule has 6 nitrogen and oxygen atoms in total. The van der Waals surface area contributed by atoms with Gasteiger partial charge in [0, 0.05) is 20.1 Å². The fraction of sp³-hybridized carbons (Fsp3) is 0.692. The molecule has 0 spiro atoms. The largest absolute Gasteiger partial charge is 0.394 e. The first-order chi connectivity index (χ1) is 8.92. The van der Waals surface area contributed by atoms with Crippen LogP contribution >= 0.6 is 0 Å². The fourth-order valence-electron chi connectivity index (χ4n) is 1.87. The smallest absolute Gasteiger partial charge is 0.244 e. The van der Waals surface area contributed by atoms with Gasteiger partial charge in [0.15, 0.2) is 0 Å². The molecule has 1 amide bonds. The number of hydrogen-bond donors (Lipinski definition) is 2. The van der Waals surface area contributed by atoms with Crippen molar-refractivity contribution < 1.29 is 4.79 Å². The fourth-order valence-corrected chi connectivity index (χ4v) is 1.87. The van der Waals surface area contributed by atoms with E-state index in [1.807, 2.05) is 25.5 Å².